The summed E-state index contributed by atoms with van der Waals surface area (Å²) in [6.07, 6.45) is 11.8. The fraction of sp³-hybridized carbons (Fsp3) is 0.429. The van der Waals surface area contributed by atoms with Crippen molar-refractivity contribution in [1.29, 1.82) is 0 Å². The summed E-state index contributed by atoms with van der Waals surface area (Å²) in [4.78, 5) is 0. The van der Waals surface area contributed by atoms with Crippen molar-refractivity contribution < 1.29 is 20.0 Å². The van der Waals surface area contributed by atoms with E-state index >= 15 is 0 Å². The van der Waals surface area contributed by atoms with Gasteiger partial charge in [-0.05, 0) is 0 Å². The van der Waals surface area contributed by atoms with E-state index in [9.17, 15) is 0 Å². The van der Waals surface area contributed by atoms with Gasteiger partial charge >= 0.3 is 98.1 Å². The van der Waals surface area contributed by atoms with Gasteiger partial charge in [0.15, 0.2) is 0 Å². The van der Waals surface area contributed by atoms with Crippen molar-refractivity contribution in [3.8, 4) is 0 Å². The van der Waals surface area contributed by atoms with E-state index in [1.54, 1.807) is 11.1 Å². The van der Waals surface area contributed by atoms with E-state index in [1.165, 1.54) is 12.8 Å². The normalized spacial score (nSPS) is 21.1. The molecule has 0 saturated carbocycles. The predicted molar refractivity (Wildman–Crippen MR) is 64.6 cm³/mol. The number of hydrogen-bond donors (Lipinski definition) is 0. The van der Waals surface area contributed by atoms with E-state index in [0.717, 1.165) is 0 Å². The van der Waals surface area contributed by atoms with Crippen LogP contribution in [0.2, 0.25) is 9.36 Å². The summed E-state index contributed by atoms with van der Waals surface area (Å²) in [7, 11) is 0. The SMILES string of the molecule is CC1=[C]([Hf]([CH3])([CH3])[C]2=C(C)C=CC2)CC=C1. The van der Waals surface area contributed by atoms with Crippen LogP contribution in [0.5, 0.6) is 0 Å². The van der Waals surface area contributed by atoms with Crippen molar-refractivity contribution in [2.75, 3.05) is 0 Å². The Kier molecular flexibility index (Phi) is 3.03. The van der Waals surface area contributed by atoms with Crippen LogP contribution >= 0.6 is 0 Å². The van der Waals surface area contributed by atoms with Gasteiger partial charge in [-0.15, -0.1) is 0 Å². The van der Waals surface area contributed by atoms with E-state index in [1.807, 2.05) is 6.66 Å². The van der Waals surface area contributed by atoms with Crippen LogP contribution in [-0.2, 0) is 20.0 Å². The number of hydrogen-bond acceptors (Lipinski definition) is 0. The van der Waals surface area contributed by atoms with Crippen molar-refractivity contribution in [3.05, 3.63) is 42.1 Å². The van der Waals surface area contributed by atoms with Crippen molar-refractivity contribution in [2.45, 2.75) is 36.0 Å². The number of rotatable bonds is 2. The molecular formula is C14H20Hf. The Balaban J connectivity index is 2.37. The van der Waals surface area contributed by atoms with E-state index in [2.05, 4.69) is 47.5 Å². The fourth-order valence-electron chi connectivity index (χ4n) is 2.91. The first-order valence-electron chi connectivity index (χ1n) is 5.77. The third-order valence-electron chi connectivity index (χ3n) is 3.84. The zero-order valence-corrected chi connectivity index (χ0v) is 13.8. The van der Waals surface area contributed by atoms with Gasteiger partial charge in [0.25, 0.3) is 0 Å². The van der Waals surface area contributed by atoms with Gasteiger partial charge in [-0.3, -0.25) is 0 Å². The number of allylic oxidation sites excluding steroid dienone is 8. The Morgan fingerprint density at radius 3 is 1.53 bits per heavy atom. The van der Waals surface area contributed by atoms with Gasteiger partial charge in [-0.2, -0.15) is 0 Å². The molecule has 0 N–H and O–H groups in total. The maximum absolute atomic E-state index is 2.59. The Morgan fingerprint density at radius 2 is 1.27 bits per heavy atom. The molecule has 15 heavy (non-hydrogen) atoms. The molecule has 0 fully saturated rings. The molecule has 2 rings (SSSR count). The average Bonchev–Trinajstić information content (AvgIpc) is 2.73. The van der Waals surface area contributed by atoms with Gasteiger partial charge in [-0.1, -0.05) is 0 Å². The average molecular weight is 367 g/mol. The van der Waals surface area contributed by atoms with Crippen LogP contribution in [0, 0.1) is 0 Å². The van der Waals surface area contributed by atoms with E-state index in [-0.39, 0.29) is 0 Å². The van der Waals surface area contributed by atoms with E-state index < -0.39 is 20.0 Å². The molecule has 0 atom stereocenters. The molecule has 0 radical (unpaired) electrons. The van der Waals surface area contributed by atoms with Gasteiger partial charge < -0.3 is 0 Å². The molecule has 0 unspecified atom stereocenters. The second kappa shape index (κ2) is 4.01. The molecule has 0 aromatic carbocycles. The van der Waals surface area contributed by atoms with Crippen molar-refractivity contribution in [1.82, 2.24) is 0 Å². The van der Waals surface area contributed by atoms with Crippen LogP contribution in [0.1, 0.15) is 26.7 Å². The van der Waals surface area contributed by atoms with Gasteiger partial charge in [0.1, 0.15) is 0 Å². The Bertz CT molecular complexity index is 365. The first kappa shape index (κ1) is 11.3. The van der Waals surface area contributed by atoms with Gasteiger partial charge in [-0.25, -0.2) is 0 Å². The molecule has 0 spiro atoms. The summed E-state index contributed by atoms with van der Waals surface area (Å²) in [6.45, 7) is 4.58. The molecule has 0 bridgehead atoms. The summed E-state index contributed by atoms with van der Waals surface area (Å²) in [5.74, 6) is 0. The second-order valence-corrected chi connectivity index (χ2v) is 21.2. The molecule has 0 aliphatic heterocycles. The van der Waals surface area contributed by atoms with Gasteiger partial charge in [0.2, 0.25) is 0 Å². The third kappa shape index (κ3) is 1.91. The van der Waals surface area contributed by atoms with E-state index in [0.29, 0.717) is 0 Å². The van der Waals surface area contributed by atoms with Gasteiger partial charge in [0, 0.05) is 0 Å². The Morgan fingerprint density at radius 1 is 0.867 bits per heavy atom. The Hall–Kier alpha value is -0.170. The molecule has 1 heteroatoms. The first-order valence-corrected chi connectivity index (χ1v) is 16.5. The van der Waals surface area contributed by atoms with Gasteiger partial charge in [0.05, 0.1) is 0 Å². The summed E-state index contributed by atoms with van der Waals surface area (Å²) >= 11 is -2.27. The Labute approximate surface area is 97.8 Å². The minimum atomic E-state index is -2.27. The molecular weight excluding hydrogens is 347 g/mol. The van der Waals surface area contributed by atoms with Crippen LogP contribution in [0.15, 0.2) is 42.1 Å². The van der Waals surface area contributed by atoms with Crippen LogP contribution < -0.4 is 0 Å². The maximum atomic E-state index is 2.59. The van der Waals surface area contributed by atoms with Crippen LogP contribution in [0.4, 0.5) is 0 Å². The molecule has 0 saturated heterocycles. The van der Waals surface area contributed by atoms with Crippen molar-refractivity contribution >= 4 is 0 Å². The molecule has 2 aliphatic rings. The van der Waals surface area contributed by atoms with E-state index in [4.69, 9.17) is 0 Å². The molecule has 0 amide bonds. The van der Waals surface area contributed by atoms with Crippen molar-refractivity contribution in [2.24, 2.45) is 0 Å². The topological polar surface area (TPSA) is 0 Å². The summed E-state index contributed by atoms with van der Waals surface area (Å²) < 4.78 is 8.82. The standard InChI is InChI=1S/2C6H7.2CH3.Hf/c2*1-6-4-2-3-5-6;;;/h2*2,4H,3H2,1H3;2*1H3;. The van der Waals surface area contributed by atoms with Crippen LogP contribution in [0.25, 0.3) is 0 Å². The molecule has 0 nitrogen and oxygen atoms in total. The summed E-state index contributed by atoms with van der Waals surface area (Å²) in [5.41, 5.74) is 3.13. The fourth-order valence-corrected chi connectivity index (χ4v) is 16.4. The second-order valence-electron chi connectivity index (χ2n) is 5.16. The third-order valence-corrected chi connectivity index (χ3v) is 19.0. The van der Waals surface area contributed by atoms with Crippen molar-refractivity contribution in [3.63, 3.8) is 0 Å². The monoisotopic (exact) mass is 368 g/mol. The molecule has 80 valence electrons. The predicted octanol–water partition coefficient (Wildman–Crippen LogP) is 4.70. The summed E-state index contributed by atoms with van der Waals surface area (Å²) in [6, 6.07) is 0. The molecule has 0 heterocycles. The zero-order valence-electron chi connectivity index (χ0n) is 10.2. The molecule has 0 aromatic rings. The summed E-state index contributed by atoms with van der Waals surface area (Å²) in [5, 5.41) is 0. The van der Waals surface area contributed by atoms with Crippen LogP contribution in [0.3, 0.4) is 0 Å². The molecule has 0 aromatic heterocycles. The van der Waals surface area contributed by atoms with Crippen LogP contribution in [-0.4, -0.2) is 0 Å². The quantitative estimate of drug-likeness (QED) is 0.621. The zero-order chi connectivity index (χ0) is 11.1. The molecule has 2 aliphatic carbocycles. The first-order chi connectivity index (χ1) is 7.03. The minimum absolute atomic E-state index is 1.23.